The third kappa shape index (κ3) is 3.42. The highest BCUT2D eigenvalue weighted by atomic mass is 16.5. The van der Waals surface area contributed by atoms with Crippen LogP contribution in [-0.4, -0.2) is 66.3 Å². The molecule has 0 aromatic rings. The van der Waals surface area contributed by atoms with Gasteiger partial charge in [-0.05, 0) is 38.0 Å². The molecule has 0 bridgehead atoms. The second-order valence-electron chi connectivity index (χ2n) is 5.71. The number of hydrogen-bond acceptors (Lipinski definition) is 3. The lowest BCUT2D eigenvalue weighted by molar-refractivity contribution is -0.143. The Bertz CT molecular complexity index is 353. The fourth-order valence-corrected chi connectivity index (χ4v) is 3.13. The zero-order chi connectivity index (χ0) is 14.5. The Balaban J connectivity index is 1.92. The van der Waals surface area contributed by atoms with Crippen molar-refractivity contribution in [3.8, 4) is 0 Å². The van der Waals surface area contributed by atoms with Gasteiger partial charge in [0.25, 0.3) is 0 Å². The molecule has 0 aliphatic carbocycles. The fraction of sp³-hybridized carbons (Fsp3) is 0.857. The fourth-order valence-electron chi connectivity index (χ4n) is 3.13. The predicted molar refractivity (Wildman–Crippen MR) is 73.5 cm³/mol. The SMILES string of the molecule is COCC1CCN(C(=O)N2CCCCC2C(=O)O)CC1. The molecule has 1 N–H and O–H groups in total. The molecule has 0 saturated carbocycles. The van der Waals surface area contributed by atoms with E-state index in [1.54, 1.807) is 16.9 Å². The minimum Gasteiger partial charge on any atom is -0.480 e. The van der Waals surface area contributed by atoms with Gasteiger partial charge in [-0.1, -0.05) is 0 Å². The molecule has 20 heavy (non-hydrogen) atoms. The first-order valence-electron chi connectivity index (χ1n) is 7.40. The Morgan fingerprint density at radius 3 is 2.45 bits per heavy atom. The molecule has 6 nitrogen and oxygen atoms in total. The molecule has 6 heteroatoms. The number of nitrogens with zero attached hydrogens (tertiary/aromatic N) is 2. The number of likely N-dealkylation sites (tertiary alicyclic amines) is 2. The molecule has 0 aromatic heterocycles. The summed E-state index contributed by atoms with van der Waals surface area (Å²) in [7, 11) is 1.70. The zero-order valence-corrected chi connectivity index (χ0v) is 12.1. The summed E-state index contributed by atoms with van der Waals surface area (Å²) in [5.41, 5.74) is 0. The minimum absolute atomic E-state index is 0.104. The number of methoxy groups -OCH3 is 1. The average Bonchev–Trinajstić information content (AvgIpc) is 2.47. The van der Waals surface area contributed by atoms with Crippen molar-refractivity contribution in [3.05, 3.63) is 0 Å². The molecule has 2 aliphatic heterocycles. The maximum atomic E-state index is 12.5. The van der Waals surface area contributed by atoms with E-state index in [0.29, 0.717) is 32.0 Å². The molecule has 1 unspecified atom stereocenters. The van der Waals surface area contributed by atoms with Crippen LogP contribution in [0.15, 0.2) is 0 Å². The normalized spacial score (nSPS) is 24.8. The topological polar surface area (TPSA) is 70.1 Å². The van der Waals surface area contributed by atoms with Crippen LogP contribution in [0.4, 0.5) is 4.79 Å². The van der Waals surface area contributed by atoms with E-state index in [4.69, 9.17) is 4.74 Å². The van der Waals surface area contributed by atoms with Crippen molar-refractivity contribution < 1.29 is 19.4 Å². The Hall–Kier alpha value is -1.30. The third-order valence-electron chi connectivity index (χ3n) is 4.32. The molecule has 114 valence electrons. The summed E-state index contributed by atoms with van der Waals surface area (Å²) in [6, 6.07) is -0.749. The summed E-state index contributed by atoms with van der Waals surface area (Å²) in [4.78, 5) is 27.1. The first-order chi connectivity index (χ1) is 9.63. The molecule has 2 rings (SSSR count). The highest BCUT2D eigenvalue weighted by Gasteiger charge is 2.35. The van der Waals surface area contributed by atoms with Gasteiger partial charge in [-0.25, -0.2) is 9.59 Å². The van der Waals surface area contributed by atoms with Gasteiger partial charge >= 0.3 is 12.0 Å². The number of carboxylic acids is 1. The first-order valence-corrected chi connectivity index (χ1v) is 7.40. The number of carbonyl (C=O) groups is 2. The zero-order valence-electron chi connectivity index (χ0n) is 12.1. The summed E-state index contributed by atoms with van der Waals surface area (Å²) >= 11 is 0. The minimum atomic E-state index is -0.882. The first kappa shape index (κ1) is 15.1. The van der Waals surface area contributed by atoms with E-state index in [0.717, 1.165) is 32.3 Å². The van der Waals surface area contributed by atoms with Gasteiger partial charge < -0.3 is 19.6 Å². The number of ether oxygens (including phenoxy) is 1. The molecule has 2 amide bonds. The van der Waals surface area contributed by atoms with E-state index in [9.17, 15) is 14.7 Å². The van der Waals surface area contributed by atoms with Crippen LogP contribution in [0.1, 0.15) is 32.1 Å². The van der Waals surface area contributed by atoms with Crippen LogP contribution in [0.2, 0.25) is 0 Å². The van der Waals surface area contributed by atoms with E-state index in [1.807, 2.05) is 0 Å². The molecule has 0 radical (unpaired) electrons. The molecule has 0 aromatic carbocycles. The number of amides is 2. The number of rotatable bonds is 3. The molecule has 0 spiro atoms. The number of carboxylic acid groups (broad SMARTS) is 1. The van der Waals surface area contributed by atoms with Crippen LogP contribution in [0, 0.1) is 5.92 Å². The quantitative estimate of drug-likeness (QED) is 0.850. The summed E-state index contributed by atoms with van der Waals surface area (Å²) in [6.07, 6.45) is 4.23. The van der Waals surface area contributed by atoms with Gasteiger partial charge in [-0.2, -0.15) is 0 Å². The van der Waals surface area contributed by atoms with Crippen LogP contribution in [0.25, 0.3) is 0 Å². The van der Waals surface area contributed by atoms with E-state index >= 15 is 0 Å². The molecule has 1 atom stereocenters. The van der Waals surface area contributed by atoms with Gasteiger partial charge in [0.15, 0.2) is 0 Å². The molecule has 2 fully saturated rings. The second-order valence-corrected chi connectivity index (χ2v) is 5.71. The Morgan fingerprint density at radius 1 is 1.15 bits per heavy atom. The maximum absolute atomic E-state index is 12.5. The Morgan fingerprint density at radius 2 is 1.85 bits per heavy atom. The summed E-state index contributed by atoms with van der Waals surface area (Å²) in [6.45, 7) is 2.71. The van der Waals surface area contributed by atoms with Crippen molar-refractivity contribution in [1.82, 2.24) is 9.80 Å². The monoisotopic (exact) mass is 284 g/mol. The van der Waals surface area contributed by atoms with Crippen LogP contribution in [0.5, 0.6) is 0 Å². The van der Waals surface area contributed by atoms with Crippen molar-refractivity contribution >= 4 is 12.0 Å². The molecule has 2 heterocycles. The van der Waals surface area contributed by atoms with Gasteiger partial charge in [0.2, 0.25) is 0 Å². The van der Waals surface area contributed by atoms with Gasteiger partial charge in [-0.3, -0.25) is 0 Å². The lowest BCUT2D eigenvalue weighted by Crippen LogP contribution is -2.54. The number of aliphatic carboxylic acids is 1. The van der Waals surface area contributed by atoms with Crippen molar-refractivity contribution in [3.63, 3.8) is 0 Å². The second kappa shape index (κ2) is 6.92. The lowest BCUT2D eigenvalue weighted by atomic mass is 9.97. The third-order valence-corrected chi connectivity index (χ3v) is 4.32. The Labute approximate surface area is 119 Å². The van der Waals surface area contributed by atoms with Crippen LogP contribution in [-0.2, 0) is 9.53 Å². The summed E-state index contributed by atoms with van der Waals surface area (Å²) in [5.74, 6) is -0.368. The molecule has 2 saturated heterocycles. The van der Waals surface area contributed by atoms with Crippen LogP contribution >= 0.6 is 0 Å². The van der Waals surface area contributed by atoms with Gasteiger partial charge in [0.1, 0.15) is 6.04 Å². The predicted octanol–water partition coefficient (Wildman–Crippen LogP) is 1.40. The summed E-state index contributed by atoms with van der Waals surface area (Å²) in [5, 5.41) is 9.24. The van der Waals surface area contributed by atoms with E-state index < -0.39 is 12.0 Å². The van der Waals surface area contributed by atoms with E-state index in [1.165, 1.54) is 0 Å². The number of piperidine rings is 2. The van der Waals surface area contributed by atoms with Gasteiger partial charge in [0.05, 0.1) is 0 Å². The lowest BCUT2D eigenvalue weighted by Gasteiger charge is -2.39. The van der Waals surface area contributed by atoms with Crippen molar-refractivity contribution in [2.75, 3.05) is 33.4 Å². The van der Waals surface area contributed by atoms with Gasteiger partial charge in [0, 0.05) is 33.4 Å². The number of carbonyl (C=O) groups excluding carboxylic acids is 1. The molecular weight excluding hydrogens is 260 g/mol. The standard InChI is InChI=1S/C14H24N2O4/c1-20-10-11-5-8-15(9-6-11)14(19)16-7-3-2-4-12(16)13(17)18/h11-12H,2-10H2,1H3,(H,17,18). The molecule has 2 aliphatic rings. The van der Waals surface area contributed by atoms with E-state index in [-0.39, 0.29) is 6.03 Å². The smallest absolute Gasteiger partial charge is 0.326 e. The van der Waals surface area contributed by atoms with E-state index in [2.05, 4.69) is 0 Å². The van der Waals surface area contributed by atoms with Gasteiger partial charge in [-0.15, -0.1) is 0 Å². The van der Waals surface area contributed by atoms with Crippen LogP contribution in [0.3, 0.4) is 0 Å². The Kier molecular flexibility index (Phi) is 5.23. The van der Waals surface area contributed by atoms with Crippen molar-refractivity contribution in [1.29, 1.82) is 0 Å². The largest absolute Gasteiger partial charge is 0.480 e. The number of urea groups is 1. The molecular formula is C14H24N2O4. The average molecular weight is 284 g/mol. The summed E-state index contributed by atoms with van der Waals surface area (Å²) < 4.78 is 5.15. The van der Waals surface area contributed by atoms with Crippen molar-refractivity contribution in [2.45, 2.75) is 38.1 Å². The van der Waals surface area contributed by atoms with Crippen molar-refractivity contribution in [2.24, 2.45) is 5.92 Å². The number of hydrogen-bond donors (Lipinski definition) is 1. The highest BCUT2D eigenvalue weighted by Crippen LogP contribution is 2.23. The highest BCUT2D eigenvalue weighted by molar-refractivity contribution is 5.83. The van der Waals surface area contributed by atoms with Crippen LogP contribution < -0.4 is 0 Å². The maximum Gasteiger partial charge on any atom is 0.326 e.